The first-order valence-electron chi connectivity index (χ1n) is 7.25. The van der Waals surface area contributed by atoms with Crippen LogP contribution in [0.2, 0.25) is 0 Å². The molecule has 0 unspecified atom stereocenters. The van der Waals surface area contributed by atoms with E-state index in [9.17, 15) is 4.79 Å². The molecule has 1 aromatic carbocycles. The summed E-state index contributed by atoms with van der Waals surface area (Å²) in [5, 5.41) is 38.3. The molecule has 0 bridgehead atoms. The molecular weight excluding hydrogens is 336 g/mol. The molecule has 0 atom stereocenters. The second-order valence-corrected chi connectivity index (χ2v) is 5.05. The predicted octanol–water partition coefficient (Wildman–Crippen LogP) is 3.10. The lowest BCUT2D eigenvalue weighted by Crippen LogP contribution is -2.02. The van der Waals surface area contributed by atoms with Crippen molar-refractivity contribution in [1.82, 2.24) is 0 Å². The number of nitriles is 3. The van der Waals surface area contributed by atoms with Crippen LogP contribution < -0.4 is 10.1 Å². The van der Waals surface area contributed by atoms with Gasteiger partial charge in [-0.3, -0.25) is 0 Å². The number of furan rings is 1. The molecule has 0 aliphatic carbocycles. The van der Waals surface area contributed by atoms with Crippen molar-refractivity contribution < 1.29 is 19.1 Å². The smallest absolute Gasteiger partial charge is 0.371 e. The standard InChI is InChI=1S/C18H12N4O4/c1-11-6-13(25-10-14-3-5-17(26-14)18(23)24)2-4-15(11)22-16(9-21)12(7-19)8-20/h2-6,22H,10H2,1H3,(H,23,24). The number of aromatic carboxylic acids is 1. The zero-order chi connectivity index (χ0) is 19.1. The Morgan fingerprint density at radius 1 is 1.19 bits per heavy atom. The molecule has 2 aromatic rings. The summed E-state index contributed by atoms with van der Waals surface area (Å²) < 4.78 is 10.6. The van der Waals surface area contributed by atoms with Crippen LogP contribution in [0.25, 0.3) is 0 Å². The number of anilines is 1. The van der Waals surface area contributed by atoms with Crippen molar-refractivity contribution in [2.45, 2.75) is 13.5 Å². The third-order valence-electron chi connectivity index (χ3n) is 3.30. The highest BCUT2D eigenvalue weighted by Gasteiger charge is 2.11. The van der Waals surface area contributed by atoms with E-state index in [1.165, 1.54) is 12.1 Å². The zero-order valence-corrected chi connectivity index (χ0v) is 13.6. The highest BCUT2D eigenvalue weighted by molar-refractivity contribution is 5.84. The van der Waals surface area contributed by atoms with Gasteiger partial charge in [-0.15, -0.1) is 0 Å². The molecule has 2 N–H and O–H groups in total. The molecule has 0 aliphatic heterocycles. The Kier molecular flexibility index (Phi) is 5.61. The lowest BCUT2D eigenvalue weighted by molar-refractivity contribution is 0.0658. The van der Waals surface area contributed by atoms with E-state index in [1.54, 1.807) is 43.3 Å². The predicted molar refractivity (Wildman–Crippen MR) is 88.7 cm³/mol. The van der Waals surface area contributed by atoms with Gasteiger partial charge in [-0.05, 0) is 42.8 Å². The lowest BCUT2D eigenvalue weighted by Gasteiger charge is -2.11. The summed E-state index contributed by atoms with van der Waals surface area (Å²) in [5.41, 5.74) is 0.821. The van der Waals surface area contributed by atoms with E-state index in [0.717, 1.165) is 5.56 Å². The van der Waals surface area contributed by atoms with Gasteiger partial charge in [-0.2, -0.15) is 15.8 Å². The number of allylic oxidation sites excluding steroid dienone is 2. The van der Waals surface area contributed by atoms with Crippen molar-refractivity contribution in [2.75, 3.05) is 5.32 Å². The highest BCUT2D eigenvalue weighted by Crippen LogP contribution is 2.24. The number of carboxylic acid groups (broad SMARTS) is 1. The molecule has 0 saturated carbocycles. The zero-order valence-electron chi connectivity index (χ0n) is 13.6. The molecule has 8 nitrogen and oxygen atoms in total. The fourth-order valence-electron chi connectivity index (χ4n) is 2.01. The van der Waals surface area contributed by atoms with Crippen LogP contribution in [-0.4, -0.2) is 11.1 Å². The number of rotatable bonds is 6. The summed E-state index contributed by atoms with van der Waals surface area (Å²) in [5.74, 6) is -0.451. The van der Waals surface area contributed by atoms with Crippen LogP contribution in [0, 0.1) is 40.9 Å². The van der Waals surface area contributed by atoms with Gasteiger partial charge < -0.3 is 19.6 Å². The van der Waals surface area contributed by atoms with Gasteiger partial charge in [0.25, 0.3) is 0 Å². The number of nitrogens with zero attached hydrogens (tertiary/aromatic N) is 3. The van der Waals surface area contributed by atoms with Crippen LogP contribution in [0.1, 0.15) is 21.9 Å². The Labute approximate surface area is 148 Å². The fraction of sp³-hybridized carbons (Fsp3) is 0.111. The monoisotopic (exact) mass is 348 g/mol. The van der Waals surface area contributed by atoms with Crippen LogP contribution in [0.3, 0.4) is 0 Å². The first-order valence-corrected chi connectivity index (χ1v) is 7.25. The maximum atomic E-state index is 10.8. The lowest BCUT2D eigenvalue weighted by atomic mass is 10.1. The van der Waals surface area contributed by atoms with Crippen molar-refractivity contribution in [2.24, 2.45) is 0 Å². The first kappa shape index (κ1) is 18.1. The summed E-state index contributed by atoms with van der Waals surface area (Å²) in [7, 11) is 0. The average molecular weight is 348 g/mol. The number of benzene rings is 1. The Balaban J connectivity index is 2.11. The van der Waals surface area contributed by atoms with Gasteiger partial charge in [0, 0.05) is 5.69 Å². The second-order valence-electron chi connectivity index (χ2n) is 5.05. The van der Waals surface area contributed by atoms with E-state index in [4.69, 9.17) is 30.0 Å². The maximum Gasteiger partial charge on any atom is 0.371 e. The average Bonchev–Trinajstić information content (AvgIpc) is 3.11. The number of hydrogen-bond acceptors (Lipinski definition) is 7. The van der Waals surface area contributed by atoms with Gasteiger partial charge in [0.15, 0.2) is 5.57 Å². The number of aryl methyl sites for hydroxylation is 1. The number of hydrogen-bond donors (Lipinski definition) is 2. The van der Waals surface area contributed by atoms with Crippen LogP contribution in [0.5, 0.6) is 5.75 Å². The minimum atomic E-state index is -1.15. The largest absolute Gasteiger partial charge is 0.486 e. The SMILES string of the molecule is Cc1cc(OCc2ccc(C(=O)O)o2)ccc1NC(C#N)=C(C#N)C#N. The van der Waals surface area contributed by atoms with Gasteiger partial charge in [0.1, 0.15) is 42.0 Å². The van der Waals surface area contributed by atoms with Crippen molar-refractivity contribution in [3.05, 3.63) is 58.7 Å². The number of ether oxygens (including phenoxy) is 1. The summed E-state index contributed by atoms with van der Waals surface area (Å²) >= 11 is 0. The Bertz CT molecular complexity index is 983. The molecule has 128 valence electrons. The van der Waals surface area contributed by atoms with Crippen LogP contribution in [0.4, 0.5) is 5.69 Å². The van der Waals surface area contributed by atoms with E-state index in [0.29, 0.717) is 17.2 Å². The van der Waals surface area contributed by atoms with E-state index in [2.05, 4.69) is 5.32 Å². The van der Waals surface area contributed by atoms with Crippen molar-refractivity contribution >= 4 is 11.7 Å². The van der Waals surface area contributed by atoms with Crippen molar-refractivity contribution in [1.29, 1.82) is 15.8 Å². The minimum absolute atomic E-state index is 0.0514. The quantitative estimate of drug-likeness (QED) is 0.758. The van der Waals surface area contributed by atoms with Crippen LogP contribution >= 0.6 is 0 Å². The Morgan fingerprint density at radius 3 is 2.46 bits per heavy atom. The molecule has 0 radical (unpaired) electrons. The third kappa shape index (κ3) is 4.19. The van der Waals surface area contributed by atoms with E-state index < -0.39 is 5.97 Å². The van der Waals surface area contributed by atoms with Gasteiger partial charge in [-0.1, -0.05) is 0 Å². The van der Waals surface area contributed by atoms with Crippen molar-refractivity contribution in [3.63, 3.8) is 0 Å². The minimum Gasteiger partial charge on any atom is -0.486 e. The molecule has 0 amide bonds. The Hall–Kier alpha value is -4.22. The van der Waals surface area contributed by atoms with Gasteiger partial charge >= 0.3 is 5.97 Å². The number of carboxylic acids is 1. The summed E-state index contributed by atoms with van der Waals surface area (Å²) in [6.07, 6.45) is 0. The second kappa shape index (κ2) is 8.05. The highest BCUT2D eigenvalue weighted by atomic mass is 16.5. The fourth-order valence-corrected chi connectivity index (χ4v) is 2.01. The van der Waals surface area contributed by atoms with Gasteiger partial charge in [0.2, 0.25) is 5.76 Å². The first-order chi connectivity index (χ1) is 12.5. The topological polar surface area (TPSA) is 143 Å². The molecule has 1 aromatic heterocycles. The van der Waals surface area contributed by atoms with Crippen LogP contribution in [0.15, 0.2) is 46.0 Å². The van der Waals surface area contributed by atoms with Gasteiger partial charge in [-0.25, -0.2) is 4.79 Å². The van der Waals surface area contributed by atoms with E-state index in [1.807, 2.05) is 0 Å². The van der Waals surface area contributed by atoms with Crippen molar-refractivity contribution in [3.8, 4) is 24.0 Å². The Morgan fingerprint density at radius 2 is 1.92 bits per heavy atom. The van der Waals surface area contributed by atoms with E-state index in [-0.39, 0.29) is 23.6 Å². The molecule has 8 heteroatoms. The summed E-state index contributed by atoms with van der Waals surface area (Å²) in [4.78, 5) is 10.8. The molecule has 0 spiro atoms. The van der Waals surface area contributed by atoms with Gasteiger partial charge in [0.05, 0.1) is 0 Å². The number of nitrogens with one attached hydrogen (secondary N) is 1. The third-order valence-corrected chi connectivity index (χ3v) is 3.30. The molecule has 2 rings (SSSR count). The molecule has 1 heterocycles. The molecule has 26 heavy (non-hydrogen) atoms. The molecule has 0 fully saturated rings. The molecule has 0 saturated heterocycles. The molecule has 0 aliphatic rings. The molecular formula is C18H12N4O4. The van der Waals surface area contributed by atoms with E-state index >= 15 is 0 Å². The summed E-state index contributed by atoms with van der Waals surface area (Å²) in [6.45, 7) is 1.81. The van der Waals surface area contributed by atoms with Crippen LogP contribution in [-0.2, 0) is 6.61 Å². The maximum absolute atomic E-state index is 10.8. The number of carbonyl (C=O) groups is 1. The normalized spacial score (nSPS) is 9.31. The summed E-state index contributed by atoms with van der Waals surface area (Å²) in [6, 6.07) is 12.9.